The Morgan fingerprint density at radius 1 is 1.00 bits per heavy atom. The molecule has 108 valence electrons. The number of halogens is 4. The molecule has 21 heavy (non-hydrogen) atoms. The Morgan fingerprint density at radius 3 is 2.33 bits per heavy atom. The second-order valence-electron chi connectivity index (χ2n) is 4.70. The van der Waals surface area contributed by atoms with E-state index in [1.54, 1.807) is 18.2 Å². The summed E-state index contributed by atoms with van der Waals surface area (Å²) in [5.41, 5.74) is 2.24. The van der Waals surface area contributed by atoms with Gasteiger partial charge in [-0.3, -0.25) is 0 Å². The molecular formula is C15H10Cl4N2. The van der Waals surface area contributed by atoms with Crippen LogP contribution in [0.15, 0.2) is 30.5 Å². The Bertz CT molecular complexity index is 722. The van der Waals surface area contributed by atoms with Crippen molar-refractivity contribution in [2.45, 2.75) is 13.0 Å². The van der Waals surface area contributed by atoms with Gasteiger partial charge in [0.05, 0.1) is 26.4 Å². The Balaban J connectivity index is 2.30. The van der Waals surface area contributed by atoms with Crippen LogP contribution in [0.3, 0.4) is 0 Å². The standard InChI is InChI=1S/C15H10Cl4N2/c1-8-5-6-9-13(12(18)7-20-15(9)19)21(8)14-10(16)3-2-4-11(14)17/h2-8H,1H3. The summed E-state index contributed by atoms with van der Waals surface area (Å²) < 4.78 is 0. The summed E-state index contributed by atoms with van der Waals surface area (Å²) in [6.45, 7) is 2.03. The lowest BCUT2D eigenvalue weighted by Gasteiger charge is -2.35. The van der Waals surface area contributed by atoms with Gasteiger partial charge in [-0.15, -0.1) is 0 Å². The zero-order valence-electron chi connectivity index (χ0n) is 10.9. The zero-order chi connectivity index (χ0) is 15.1. The third-order valence-electron chi connectivity index (χ3n) is 3.36. The topological polar surface area (TPSA) is 16.1 Å². The molecule has 2 heterocycles. The first-order chi connectivity index (χ1) is 10.0. The summed E-state index contributed by atoms with van der Waals surface area (Å²) >= 11 is 25.2. The molecule has 1 aliphatic rings. The third kappa shape index (κ3) is 2.51. The maximum atomic E-state index is 6.35. The average molecular weight is 360 g/mol. The van der Waals surface area contributed by atoms with Crippen LogP contribution < -0.4 is 4.90 Å². The van der Waals surface area contributed by atoms with E-state index in [0.717, 1.165) is 11.3 Å². The Hall–Kier alpha value is -0.930. The minimum absolute atomic E-state index is 0.0332. The Morgan fingerprint density at radius 2 is 1.67 bits per heavy atom. The van der Waals surface area contributed by atoms with E-state index in [9.17, 15) is 0 Å². The van der Waals surface area contributed by atoms with Crippen molar-refractivity contribution < 1.29 is 0 Å². The van der Waals surface area contributed by atoms with Crippen molar-refractivity contribution in [1.29, 1.82) is 0 Å². The van der Waals surface area contributed by atoms with Crippen LogP contribution in [0.5, 0.6) is 0 Å². The van der Waals surface area contributed by atoms with Crippen LogP contribution in [-0.2, 0) is 0 Å². The third-order valence-corrected chi connectivity index (χ3v) is 4.55. The number of para-hydroxylation sites is 1. The van der Waals surface area contributed by atoms with Crippen LogP contribution in [0.25, 0.3) is 6.08 Å². The van der Waals surface area contributed by atoms with Gasteiger partial charge in [0.2, 0.25) is 0 Å². The van der Waals surface area contributed by atoms with Gasteiger partial charge in [-0.25, -0.2) is 4.98 Å². The first-order valence-electron chi connectivity index (χ1n) is 6.26. The fourth-order valence-electron chi connectivity index (χ4n) is 2.42. The lowest BCUT2D eigenvalue weighted by atomic mass is 10.0. The Labute approximate surface area is 142 Å². The highest BCUT2D eigenvalue weighted by Crippen LogP contribution is 2.46. The van der Waals surface area contributed by atoms with Crippen LogP contribution in [0.4, 0.5) is 11.4 Å². The second-order valence-corrected chi connectivity index (χ2v) is 6.28. The number of rotatable bonds is 1. The minimum Gasteiger partial charge on any atom is -0.330 e. The first kappa shape index (κ1) is 15.0. The van der Waals surface area contributed by atoms with Gasteiger partial charge in [-0.1, -0.05) is 64.6 Å². The fourth-order valence-corrected chi connectivity index (χ4v) is 3.45. The van der Waals surface area contributed by atoms with Crippen molar-refractivity contribution in [1.82, 2.24) is 4.98 Å². The highest BCUT2D eigenvalue weighted by atomic mass is 35.5. The molecule has 1 aliphatic heterocycles. The molecule has 0 aliphatic carbocycles. The summed E-state index contributed by atoms with van der Waals surface area (Å²) in [6.07, 6.45) is 5.46. The molecule has 0 amide bonds. The van der Waals surface area contributed by atoms with Crippen molar-refractivity contribution in [2.75, 3.05) is 4.90 Å². The van der Waals surface area contributed by atoms with Gasteiger partial charge in [0, 0.05) is 17.8 Å². The molecule has 3 rings (SSSR count). The summed E-state index contributed by atoms with van der Waals surface area (Å²) in [6, 6.07) is 5.43. The molecule has 0 fully saturated rings. The van der Waals surface area contributed by atoms with Gasteiger partial charge in [-0.2, -0.15) is 0 Å². The number of fused-ring (bicyclic) bond motifs is 1. The van der Waals surface area contributed by atoms with Gasteiger partial charge >= 0.3 is 0 Å². The SMILES string of the molecule is CC1C=Cc2c(Cl)ncc(Cl)c2N1c1c(Cl)cccc1Cl. The molecule has 1 atom stereocenters. The zero-order valence-corrected chi connectivity index (χ0v) is 14.0. The second kappa shape index (κ2) is 5.69. The summed E-state index contributed by atoms with van der Waals surface area (Å²) in [5.74, 6) is 0. The lowest BCUT2D eigenvalue weighted by Crippen LogP contribution is -2.30. The number of nitrogens with zero attached hydrogens (tertiary/aromatic N) is 2. The maximum Gasteiger partial charge on any atom is 0.138 e. The van der Waals surface area contributed by atoms with E-state index in [1.807, 2.05) is 24.0 Å². The number of hydrogen-bond acceptors (Lipinski definition) is 2. The van der Waals surface area contributed by atoms with E-state index in [2.05, 4.69) is 4.98 Å². The van der Waals surface area contributed by atoms with Crippen molar-refractivity contribution in [3.63, 3.8) is 0 Å². The van der Waals surface area contributed by atoms with Crippen LogP contribution in [0, 0.1) is 0 Å². The largest absolute Gasteiger partial charge is 0.330 e. The van der Waals surface area contributed by atoms with Crippen LogP contribution in [0.1, 0.15) is 12.5 Å². The molecule has 0 radical (unpaired) electrons. The molecule has 1 aromatic carbocycles. The summed E-state index contributed by atoms with van der Waals surface area (Å²) in [5, 5.41) is 2.01. The minimum atomic E-state index is 0.0332. The van der Waals surface area contributed by atoms with Crippen molar-refractivity contribution in [3.05, 3.63) is 56.3 Å². The lowest BCUT2D eigenvalue weighted by molar-refractivity contribution is 0.856. The number of pyridine rings is 1. The van der Waals surface area contributed by atoms with Crippen LogP contribution in [0.2, 0.25) is 20.2 Å². The van der Waals surface area contributed by atoms with E-state index in [4.69, 9.17) is 46.4 Å². The monoisotopic (exact) mass is 358 g/mol. The van der Waals surface area contributed by atoms with E-state index in [0.29, 0.717) is 25.9 Å². The maximum absolute atomic E-state index is 6.35. The number of anilines is 2. The summed E-state index contributed by atoms with van der Waals surface area (Å²) in [7, 11) is 0. The molecule has 0 saturated carbocycles. The van der Waals surface area contributed by atoms with E-state index < -0.39 is 0 Å². The van der Waals surface area contributed by atoms with Gasteiger partial charge < -0.3 is 4.90 Å². The number of hydrogen-bond donors (Lipinski definition) is 0. The molecular weight excluding hydrogens is 350 g/mol. The molecule has 1 aromatic heterocycles. The van der Waals surface area contributed by atoms with E-state index in [-0.39, 0.29) is 6.04 Å². The fraction of sp³-hybridized carbons (Fsp3) is 0.133. The molecule has 0 bridgehead atoms. The first-order valence-corrected chi connectivity index (χ1v) is 7.77. The van der Waals surface area contributed by atoms with Gasteiger partial charge in [-0.05, 0) is 19.1 Å². The van der Waals surface area contributed by atoms with Crippen LogP contribution >= 0.6 is 46.4 Å². The van der Waals surface area contributed by atoms with Crippen LogP contribution in [-0.4, -0.2) is 11.0 Å². The van der Waals surface area contributed by atoms with E-state index >= 15 is 0 Å². The van der Waals surface area contributed by atoms with Gasteiger partial charge in [0.25, 0.3) is 0 Å². The smallest absolute Gasteiger partial charge is 0.138 e. The Kier molecular flexibility index (Phi) is 4.06. The number of aromatic nitrogens is 1. The number of benzene rings is 1. The highest BCUT2D eigenvalue weighted by Gasteiger charge is 2.28. The average Bonchev–Trinajstić information content (AvgIpc) is 2.44. The summed E-state index contributed by atoms with van der Waals surface area (Å²) in [4.78, 5) is 6.06. The van der Waals surface area contributed by atoms with Gasteiger partial charge in [0.15, 0.2) is 0 Å². The van der Waals surface area contributed by atoms with Crippen molar-refractivity contribution >= 4 is 63.9 Å². The molecule has 2 aromatic rings. The predicted molar refractivity (Wildman–Crippen MR) is 91.4 cm³/mol. The van der Waals surface area contributed by atoms with E-state index in [1.165, 1.54) is 6.20 Å². The highest BCUT2D eigenvalue weighted by molar-refractivity contribution is 6.40. The normalized spacial score (nSPS) is 17.0. The molecule has 1 unspecified atom stereocenters. The molecule has 0 spiro atoms. The predicted octanol–water partition coefficient (Wildman–Crippen LogP) is 6.25. The molecule has 6 heteroatoms. The van der Waals surface area contributed by atoms with Gasteiger partial charge in [0.1, 0.15) is 5.15 Å². The quantitative estimate of drug-likeness (QED) is 0.559. The molecule has 2 nitrogen and oxygen atoms in total. The molecule has 0 N–H and O–H groups in total. The molecule has 0 saturated heterocycles. The van der Waals surface area contributed by atoms with Crippen molar-refractivity contribution in [3.8, 4) is 0 Å². The van der Waals surface area contributed by atoms with Crippen molar-refractivity contribution in [2.24, 2.45) is 0 Å².